The molecular weight excluding hydrogens is 545 g/mol. The number of hydrogen-bond donors (Lipinski definition) is 1. The van der Waals surface area contributed by atoms with Gasteiger partial charge in [0.15, 0.2) is 16.3 Å². The quantitative estimate of drug-likeness (QED) is 0.375. The highest BCUT2D eigenvalue weighted by Gasteiger charge is 2.26. The molecule has 0 amide bonds. The monoisotopic (exact) mass is 571 g/mol. The minimum Gasteiger partial charge on any atom is -0.345 e. The zero-order valence-corrected chi connectivity index (χ0v) is 23.6. The van der Waals surface area contributed by atoms with Gasteiger partial charge in [-0.1, -0.05) is 53.0 Å². The Bertz CT molecular complexity index is 1670. The highest BCUT2D eigenvalue weighted by Crippen LogP contribution is 2.27. The Morgan fingerprint density at radius 1 is 1.03 bits per heavy atom. The lowest BCUT2D eigenvalue weighted by Crippen LogP contribution is -2.50. The van der Waals surface area contributed by atoms with Crippen molar-refractivity contribution >= 4 is 63.3 Å². The van der Waals surface area contributed by atoms with Crippen LogP contribution in [0, 0.1) is 6.92 Å². The Kier molecular flexibility index (Phi) is 7.21. The molecule has 1 aliphatic rings. The number of aromatic nitrogens is 4. The number of aryl methyl sites for hydroxylation is 2. The first-order chi connectivity index (χ1) is 18.1. The lowest BCUT2D eigenvalue weighted by atomic mass is 10.1. The van der Waals surface area contributed by atoms with E-state index < -0.39 is 5.69 Å². The zero-order valence-electron chi connectivity index (χ0n) is 21.2. The highest BCUT2D eigenvalue weighted by molar-refractivity contribution is 7.80. The molecule has 0 unspecified atom stereocenters. The average Bonchev–Trinajstić information content (AvgIpc) is 3.27. The van der Waals surface area contributed by atoms with E-state index in [4.69, 9.17) is 40.4 Å². The van der Waals surface area contributed by atoms with Crippen LogP contribution in [0.5, 0.6) is 0 Å². The molecule has 0 bridgehead atoms. The number of halogens is 2. The van der Waals surface area contributed by atoms with E-state index in [1.165, 1.54) is 11.6 Å². The summed E-state index contributed by atoms with van der Waals surface area (Å²) in [5, 5.41) is 4.83. The second kappa shape index (κ2) is 10.4. The molecule has 0 saturated carbocycles. The van der Waals surface area contributed by atoms with Gasteiger partial charge in [-0.25, -0.2) is 4.79 Å². The lowest BCUT2D eigenvalue weighted by Gasteiger charge is -2.37. The molecule has 38 heavy (non-hydrogen) atoms. The van der Waals surface area contributed by atoms with Gasteiger partial charge in [0.25, 0.3) is 5.56 Å². The topological polar surface area (TPSA) is 80.3 Å². The van der Waals surface area contributed by atoms with Gasteiger partial charge >= 0.3 is 5.69 Å². The molecular formula is C26H27Cl2N7O2S. The Balaban J connectivity index is 1.45. The van der Waals surface area contributed by atoms with E-state index in [1.807, 2.05) is 29.7 Å². The summed E-state index contributed by atoms with van der Waals surface area (Å²) in [6.45, 7) is 5.02. The summed E-state index contributed by atoms with van der Waals surface area (Å²) < 4.78 is 4.48. The first-order valence-electron chi connectivity index (χ1n) is 12.1. The lowest BCUT2D eigenvalue weighted by molar-refractivity contribution is 0.386. The van der Waals surface area contributed by atoms with Crippen molar-refractivity contribution in [2.24, 2.45) is 14.1 Å². The van der Waals surface area contributed by atoms with E-state index in [9.17, 15) is 9.59 Å². The minimum atomic E-state index is -0.406. The summed E-state index contributed by atoms with van der Waals surface area (Å²) in [7, 11) is 3.13. The fraction of sp³-hybridized carbons (Fsp3) is 0.308. The number of rotatable bonds is 4. The summed E-state index contributed by atoms with van der Waals surface area (Å²) in [5.41, 5.74) is 2.88. The van der Waals surface area contributed by atoms with E-state index in [2.05, 4.69) is 21.2 Å². The molecule has 12 heteroatoms. The van der Waals surface area contributed by atoms with Crippen LogP contribution in [-0.2, 0) is 20.6 Å². The van der Waals surface area contributed by atoms with Crippen molar-refractivity contribution in [2.75, 3.05) is 36.4 Å². The molecule has 0 radical (unpaired) electrons. The van der Waals surface area contributed by atoms with Gasteiger partial charge in [-0.3, -0.25) is 18.5 Å². The number of fused-ring (bicyclic) bond motifs is 1. The molecule has 0 aliphatic carbocycles. The molecule has 198 valence electrons. The average molecular weight is 573 g/mol. The number of hydrogen-bond acceptors (Lipinski definition) is 5. The minimum absolute atomic E-state index is 0.363. The van der Waals surface area contributed by atoms with E-state index in [0.717, 1.165) is 15.7 Å². The maximum absolute atomic E-state index is 13.3. The molecule has 3 heterocycles. The van der Waals surface area contributed by atoms with Crippen LogP contribution in [-0.4, -0.2) is 54.9 Å². The van der Waals surface area contributed by atoms with Crippen LogP contribution < -0.4 is 21.5 Å². The Morgan fingerprint density at radius 2 is 1.76 bits per heavy atom. The summed E-state index contributed by atoms with van der Waals surface area (Å²) in [4.78, 5) is 34.9. The van der Waals surface area contributed by atoms with Gasteiger partial charge in [0.05, 0.1) is 17.3 Å². The van der Waals surface area contributed by atoms with Gasteiger partial charge in [-0.15, -0.1) is 0 Å². The highest BCUT2D eigenvalue weighted by atomic mass is 35.5. The molecule has 2 aromatic carbocycles. The fourth-order valence-corrected chi connectivity index (χ4v) is 5.46. The third kappa shape index (κ3) is 4.91. The summed E-state index contributed by atoms with van der Waals surface area (Å²) in [5.74, 6) is 0.652. The molecule has 9 nitrogen and oxygen atoms in total. The van der Waals surface area contributed by atoms with Crippen LogP contribution >= 0.6 is 35.4 Å². The molecule has 2 aromatic heterocycles. The van der Waals surface area contributed by atoms with Gasteiger partial charge in [-0.05, 0) is 42.9 Å². The summed E-state index contributed by atoms with van der Waals surface area (Å²) in [6.07, 6.45) is 0. The van der Waals surface area contributed by atoms with E-state index >= 15 is 0 Å². The van der Waals surface area contributed by atoms with Crippen molar-refractivity contribution in [1.82, 2.24) is 23.6 Å². The molecule has 1 N–H and O–H groups in total. The number of nitrogens with zero attached hydrogens (tertiary/aromatic N) is 6. The third-order valence-corrected chi connectivity index (χ3v) is 7.68. The maximum atomic E-state index is 13.3. The van der Waals surface area contributed by atoms with E-state index in [-0.39, 0.29) is 5.56 Å². The molecule has 1 aliphatic heterocycles. The first-order valence-corrected chi connectivity index (χ1v) is 13.3. The predicted octanol–water partition coefficient (Wildman–Crippen LogP) is 3.62. The van der Waals surface area contributed by atoms with E-state index in [1.54, 1.807) is 25.2 Å². The van der Waals surface area contributed by atoms with Crippen LogP contribution in [0.2, 0.25) is 10.0 Å². The second-order valence-electron chi connectivity index (χ2n) is 9.39. The smallest absolute Gasteiger partial charge is 0.332 e. The van der Waals surface area contributed by atoms with Crippen LogP contribution in [0.1, 0.15) is 11.1 Å². The fourth-order valence-electron chi connectivity index (χ4n) is 4.71. The standard InChI is InChI=1S/C26H27Cl2N7O2S/c1-16-5-4-6-17(13-16)15-35-21-22(31(2)26(37)32(3)23(21)36)30-24(35)33-9-11-34(12-10-33)25(38)29-20-8-7-18(27)14-19(20)28/h4-8,13-14H,9-12,15H2,1-3H3,(H,29,38). The summed E-state index contributed by atoms with van der Waals surface area (Å²) in [6, 6.07) is 13.4. The van der Waals surface area contributed by atoms with E-state index in [0.29, 0.717) is 70.7 Å². The number of nitrogens with one attached hydrogen (secondary N) is 1. The van der Waals surface area contributed by atoms with Crippen molar-refractivity contribution < 1.29 is 0 Å². The largest absolute Gasteiger partial charge is 0.345 e. The number of piperazine rings is 1. The van der Waals surface area contributed by atoms with Crippen molar-refractivity contribution in [3.05, 3.63) is 84.5 Å². The molecule has 5 rings (SSSR count). The second-order valence-corrected chi connectivity index (χ2v) is 10.6. The number of anilines is 2. The molecule has 1 saturated heterocycles. The van der Waals surface area contributed by atoms with Gasteiger partial charge in [-0.2, -0.15) is 4.98 Å². The predicted molar refractivity (Wildman–Crippen MR) is 157 cm³/mol. The normalized spacial score (nSPS) is 13.8. The van der Waals surface area contributed by atoms with Gasteiger partial charge in [0.2, 0.25) is 5.95 Å². The van der Waals surface area contributed by atoms with Gasteiger partial charge in [0, 0.05) is 45.3 Å². The molecule has 0 atom stereocenters. The SMILES string of the molecule is Cc1cccc(Cn2c(N3CCN(C(=S)Nc4ccc(Cl)cc4Cl)CC3)nc3c2c(=O)n(C)c(=O)n3C)c1. The van der Waals surface area contributed by atoms with Crippen molar-refractivity contribution in [1.29, 1.82) is 0 Å². The Labute approximate surface area is 234 Å². The number of imidazole rings is 1. The zero-order chi connectivity index (χ0) is 27.1. The number of thiocarbonyl (C=S) groups is 1. The summed E-state index contributed by atoms with van der Waals surface area (Å²) >= 11 is 18.0. The molecule has 1 fully saturated rings. The maximum Gasteiger partial charge on any atom is 0.332 e. The van der Waals surface area contributed by atoms with Crippen molar-refractivity contribution in [3.8, 4) is 0 Å². The molecule has 0 spiro atoms. The molecule has 4 aromatic rings. The first kappa shape index (κ1) is 26.3. The van der Waals surface area contributed by atoms with Crippen LogP contribution in [0.25, 0.3) is 11.2 Å². The van der Waals surface area contributed by atoms with Crippen LogP contribution in [0.4, 0.5) is 11.6 Å². The number of benzene rings is 2. The van der Waals surface area contributed by atoms with Gasteiger partial charge < -0.3 is 15.1 Å². The third-order valence-electron chi connectivity index (χ3n) is 6.77. The van der Waals surface area contributed by atoms with Gasteiger partial charge in [0.1, 0.15) is 0 Å². The van der Waals surface area contributed by atoms with Crippen molar-refractivity contribution in [2.45, 2.75) is 13.5 Å². The Hall–Kier alpha value is -3.34. The Morgan fingerprint density at radius 3 is 2.45 bits per heavy atom. The van der Waals surface area contributed by atoms with Crippen LogP contribution in [0.3, 0.4) is 0 Å². The van der Waals surface area contributed by atoms with Crippen molar-refractivity contribution in [3.63, 3.8) is 0 Å². The van der Waals surface area contributed by atoms with Crippen LogP contribution in [0.15, 0.2) is 52.1 Å².